The van der Waals surface area contributed by atoms with Gasteiger partial charge >= 0.3 is 5.97 Å². The fourth-order valence-corrected chi connectivity index (χ4v) is 2.42. The minimum Gasteiger partial charge on any atom is -0.493 e. The molecule has 6 heteroatoms. The molecule has 2 rings (SSSR count). The minimum atomic E-state index is -0.919. The summed E-state index contributed by atoms with van der Waals surface area (Å²) in [5, 5.41) is 12.1. The summed E-state index contributed by atoms with van der Waals surface area (Å²) in [6.07, 6.45) is 2.04. The molecule has 1 saturated heterocycles. The van der Waals surface area contributed by atoms with Gasteiger partial charge in [0.25, 0.3) is 0 Å². The highest BCUT2D eigenvalue weighted by Gasteiger charge is 2.18. The van der Waals surface area contributed by atoms with Crippen LogP contribution < -0.4 is 20.5 Å². The Bertz CT molecular complexity index is 487. The van der Waals surface area contributed by atoms with E-state index in [1.54, 1.807) is 25.3 Å². The normalized spacial score (nSPS) is 19.8. The van der Waals surface area contributed by atoms with E-state index in [0.717, 1.165) is 31.5 Å². The van der Waals surface area contributed by atoms with Crippen LogP contribution in [0.5, 0.6) is 11.5 Å². The molecule has 1 aromatic carbocycles. The van der Waals surface area contributed by atoms with E-state index in [-0.39, 0.29) is 12.5 Å². The summed E-state index contributed by atoms with van der Waals surface area (Å²) in [6, 6.07) is 4.77. The quantitative estimate of drug-likeness (QED) is 0.732. The van der Waals surface area contributed by atoms with Crippen molar-refractivity contribution in [1.82, 2.24) is 5.32 Å². The number of methoxy groups -OCH3 is 1. The van der Waals surface area contributed by atoms with Crippen LogP contribution in [0.25, 0.3) is 0 Å². The Balaban J connectivity index is 2.14. The molecule has 1 aliphatic rings. The molecule has 21 heavy (non-hydrogen) atoms. The smallest absolute Gasteiger partial charge is 0.305 e. The van der Waals surface area contributed by atoms with Crippen molar-refractivity contribution in [2.24, 2.45) is 5.73 Å². The SMILES string of the molecule is COc1ccc(C(N)CC(=O)O)cc1OC1CCCNC1. The Kier molecular flexibility index (Phi) is 5.41. The third kappa shape index (κ3) is 4.34. The van der Waals surface area contributed by atoms with Gasteiger partial charge in [0.2, 0.25) is 0 Å². The average Bonchev–Trinajstić information content (AvgIpc) is 2.47. The van der Waals surface area contributed by atoms with Gasteiger partial charge in [-0.15, -0.1) is 0 Å². The van der Waals surface area contributed by atoms with E-state index < -0.39 is 12.0 Å². The third-order valence-electron chi connectivity index (χ3n) is 3.56. The van der Waals surface area contributed by atoms with Gasteiger partial charge in [-0.25, -0.2) is 0 Å². The van der Waals surface area contributed by atoms with Crippen LogP contribution >= 0.6 is 0 Å². The highest BCUT2D eigenvalue weighted by Crippen LogP contribution is 2.32. The Morgan fingerprint density at radius 3 is 2.95 bits per heavy atom. The Morgan fingerprint density at radius 2 is 2.33 bits per heavy atom. The highest BCUT2D eigenvalue weighted by atomic mass is 16.5. The largest absolute Gasteiger partial charge is 0.493 e. The van der Waals surface area contributed by atoms with Gasteiger partial charge in [0.05, 0.1) is 13.5 Å². The summed E-state index contributed by atoms with van der Waals surface area (Å²) in [7, 11) is 1.58. The first kappa shape index (κ1) is 15.6. The van der Waals surface area contributed by atoms with Crippen LogP contribution in [-0.2, 0) is 4.79 Å². The first-order valence-corrected chi connectivity index (χ1v) is 7.13. The fraction of sp³-hybridized carbons (Fsp3) is 0.533. The molecule has 2 atom stereocenters. The van der Waals surface area contributed by atoms with Gasteiger partial charge in [-0.1, -0.05) is 6.07 Å². The number of nitrogens with one attached hydrogen (secondary N) is 1. The van der Waals surface area contributed by atoms with E-state index in [4.69, 9.17) is 20.3 Å². The number of carboxylic acid groups (broad SMARTS) is 1. The minimum absolute atomic E-state index is 0.0959. The van der Waals surface area contributed by atoms with E-state index in [9.17, 15) is 4.79 Å². The lowest BCUT2D eigenvalue weighted by Gasteiger charge is -2.25. The molecule has 2 unspecified atom stereocenters. The molecule has 116 valence electrons. The second kappa shape index (κ2) is 7.28. The number of hydrogen-bond acceptors (Lipinski definition) is 5. The van der Waals surface area contributed by atoms with E-state index in [0.29, 0.717) is 11.5 Å². The predicted molar refractivity (Wildman–Crippen MR) is 78.7 cm³/mol. The van der Waals surface area contributed by atoms with Crippen LogP contribution in [0, 0.1) is 0 Å². The lowest BCUT2D eigenvalue weighted by molar-refractivity contribution is -0.137. The second-order valence-corrected chi connectivity index (χ2v) is 5.20. The van der Waals surface area contributed by atoms with Gasteiger partial charge in [0, 0.05) is 12.6 Å². The lowest BCUT2D eigenvalue weighted by Crippen LogP contribution is -2.37. The van der Waals surface area contributed by atoms with Gasteiger partial charge in [-0.2, -0.15) is 0 Å². The molecule has 4 N–H and O–H groups in total. The van der Waals surface area contributed by atoms with Crippen LogP contribution in [-0.4, -0.2) is 37.4 Å². The number of piperidine rings is 1. The molecule has 0 aliphatic carbocycles. The molecule has 0 radical (unpaired) electrons. The number of aliphatic carboxylic acids is 1. The monoisotopic (exact) mass is 294 g/mol. The van der Waals surface area contributed by atoms with Gasteiger partial charge in [0.15, 0.2) is 11.5 Å². The molecule has 1 aromatic rings. The van der Waals surface area contributed by atoms with Crippen molar-refractivity contribution in [1.29, 1.82) is 0 Å². The predicted octanol–water partition coefficient (Wildman–Crippen LogP) is 1.30. The number of carboxylic acids is 1. The molecule has 1 aliphatic heterocycles. The van der Waals surface area contributed by atoms with Crippen molar-refractivity contribution in [2.75, 3.05) is 20.2 Å². The van der Waals surface area contributed by atoms with Crippen molar-refractivity contribution in [3.8, 4) is 11.5 Å². The number of rotatable bonds is 6. The second-order valence-electron chi connectivity index (χ2n) is 5.20. The molecule has 0 saturated carbocycles. The van der Waals surface area contributed by atoms with E-state index in [1.165, 1.54) is 0 Å². The zero-order valence-electron chi connectivity index (χ0n) is 12.2. The van der Waals surface area contributed by atoms with E-state index in [2.05, 4.69) is 5.32 Å². The van der Waals surface area contributed by atoms with E-state index >= 15 is 0 Å². The molecule has 0 bridgehead atoms. The summed E-state index contributed by atoms with van der Waals surface area (Å²) >= 11 is 0. The number of benzene rings is 1. The highest BCUT2D eigenvalue weighted by molar-refractivity contribution is 5.68. The molecule has 0 aromatic heterocycles. The summed E-state index contributed by atoms with van der Waals surface area (Å²) < 4.78 is 11.3. The third-order valence-corrected chi connectivity index (χ3v) is 3.56. The molecular formula is C15H22N2O4. The van der Waals surface area contributed by atoms with Gasteiger partial charge in [-0.05, 0) is 37.1 Å². The van der Waals surface area contributed by atoms with Gasteiger partial charge in [-0.3, -0.25) is 4.79 Å². The maximum atomic E-state index is 10.8. The number of hydrogen-bond donors (Lipinski definition) is 3. The molecule has 0 spiro atoms. The van der Waals surface area contributed by atoms with Crippen LogP contribution in [0.3, 0.4) is 0 Å². The van der Waals surface area contributed by atoms with Crippen LogP contribution in [0.15, 0.2) is 18.2 Å². The Morgan fingerprint density at radius 1 is 1.52 bits per heavy atom. The number of nitrogens with two attached hydrogens (primary N) is 1. The van der Waals surface area contributed by atoms with Crippen LogP contribution in [0.2, 0.25) is 0 Å². The Hall–Kier alpha value is -1.79. The van der Waals surface area contributed by atoms with Crippen molar-refractivity contribution < 1.29 is 19.4 Å². The molecular weight excluding hydrogens is 272 g/mol. The summed E-state index contributed by atoms with van der Waals surface area (Å²) in [6.45, 7) is 1.81. The van der Waals surface area contributed by atoms with Crippen molar-refractivity contribution in [3.63, 3.8) is 0 Å². The van der Waals surface area contributed by atoms with Crippen molar-refractivity contribution in [3.05, 3.63) is 23.8 Å². The summed E-state index contributed by atoms with van der Waals surface area (Å²) in [5.41, 5.74) is 6.63. The molecule has 1 heterocycles. The molecule has 6 nitrogen and oxygen atoms in total. The van der Waals surface area contributed by atoms with Crippen LogP contribution in [0.1, 0.15) is 30.9 Å². The fourth-order valence-electron chi connectivity index (χ4n) is 2.42. The number of carbonyl (C=O) groups is 1. The van der Waals surface area contributed by atoms with Crippen LogP contribution in [0.4, 0.5) is 0 Å². The van der Waals surface area contributed by atoms with E-state index in [1.807, 2.05) is 0 Å². The topological polar surface area (TPSA) is 93.8 Å². The molecule has 1 fully saturated rings. The lowest BCUT2D eigenvalue weighted by atomic mass is 10.0. The maximum Gasteiger partial charge on any atom is 0.305 e. The first-order valence-electron chi connectivity index (χ1n) is 7.13. The standard InChI is InChI=1S/C15H22N2O4/c1-20-13-5-4-10(12(16)8-15(18)19)7-14(13)21-11-3-2-6-17-9-11/h4-5,7,11-12,17H,2-3,6,8-9,16H2,1H3,(H,18,19). The Labute approximate surface area is 124 Å². The molecule has 0 amide bonds. The maximum absolute atomic E-state index is 10.8. The van der Waals surface area contributed by atoms with Crippen molar-refractivity contribution in [2.45, 2.75) is 31.4 Å². The zero-order chi connectivity index (χ0) is 15.2. The number of ether oxygens (including phenoxy) is 2. The van der Waals surface area contributed by atoms with Gasteiger partial charge < -0.3 is 25.6 Å². The van der Waals surface area contributed by atoms with Gasteiger partial charge in [0.1, 0.15) is 6.10 Å². The zero-order valence-corrected chi connectivity index (χ0v) is 12.2. The average molecular weight is 294 g/mol. The van der Waals surface area contributed by atoms with Crippen molar-refractivity contribution >= 4 is 5.97 Å². The summed E-state index contributed by atoms with van der Waals surface area (Å²) in [5.74, 6) is 0.327. The first-order chi connectivity index (χ1) is 10.1. The summed E-state index contributed by atoms with van der Waals surface area (Å²) in [4.78, 5) is 10.8.